The van der Waals surface area contributed by atoms with Gasteiger partial charge in [0.05, 0.1) is 17.9 Å². The van der Waals surface area contributed by atoms with E-state index in [9.17, 15) is 14.7 Å². The third-order valence-corrected chi connectivity index (χ3v) is 6.82. The van der Waals surface area contributed by atoms with Gasteiger partial charge in [-0.3, -0.25) is 9.59 Å². The van der Waals surface area contributed by atoms with E-state index in [1.807, 2.05) is 35.0 Å². The number of Topliss-reactive ketones (excluding diaryl/α,β-unsaturated/α-hetero) is 1. The van der Waals surface area contributed by atoms with Crippen LogP contribution in [0.5, 0.6) is 11.5 Å². The average Bonchev–Trinajstić information content (AvgIpc) is 3.50. The van der Waals surface area contributed by atoms with Crippen LogP contribution in [0, 0.1) is 0 Å². The zero-order chi connectivity index (χ0) is 26.2. The fourth-order valence-corrected chi connectivity index (χ4v) is 4.81. The van der Waals surface area contributed by atoms with E-state index in [2.05, 4.69) is 25.8 Å². The van der Waals surface area contributed by atoms with Crippen molar-refractivity contribution in [2.45, 2.75) is 45.2 Å². The zero-order valence-electron chi connectivity index (χ0n) is 21.3. The Labute approximate surface area is 216 Å². The van der Waals surface area contributed by atoms with Gasteiger partial charge in [-0.05, 0) is 41.2 Å². The molecule has 1 amide bonds. The third kappa shape index (κ3) is 4.83. The largest absolute Gasteiger partial charge is 0.507 e. The number of amides is 1. The lowest BCUT2D eigenvalue weighted by molar-refractivity contribution is -0.139. The molecule has 0 radical (unpaired) electrons. The van der Waals surface area contributed by atoms with Crippen molar-refractivity contribution in [2.75, 3.05) is 19.8 Å². The first-order chi connectivity index (χ1) is 17.7. The number of aliphatic hydroxyl groups is 1. The molecule has 1 N–H and O–H groups in total. The van der Waals surface area contributed by atoms with E-state index in [1.54, 1.807) is 35.6 Å². The van der Waals surface area contributed by atoms with Crippen LogP contribution in [0.2, 0.25) is 0 Å². The standard InChI is InChI=1S/C29H31N3O5/c1-29(2,3)21-8-5-19(6-9-21)25-24(26(33)20-7-10-22-23(17-20)37-16-15-36-22)27(34)28(35)32(25)13-4-12-31-14-11-30-18-31/h5-11,14,17-18,25,33H,4,12-13,15-16H2,1-3H3/t25-/m1/s1. The van der Waals surface area contributed by atoms with Gasteiger partial charge in [0.25, 0.3) is 11.7 Å². The number of rotatable bonds is 6. The summed E-state index contributed by atoms with van der Waals surface area (Å²) in [7, 11) is 0. The summed E-state index contributed by atoms with van der Waals surface area (Å²) in [6, 6.07) is 12.2. The van der Waals surface area contributed by atoms with E-state index in [1.165, 1.54) is 0 Å². The third-order valence-electron chi connectivity index (χ3n) is 6.82. The lowest BCUT2D eigenvalue weighted by Gasteiger charge is -2.26. The molecule has 1 atom stereocenters. The van der Waals surface area contributed by atoms with Crippen LogP contribution in [-0.2, 0) is 21.5 Å². The van der Waals surface area contributed by atoms with Gasteiger partial charge in [-0.15, -0.1) is 0 Å². The molecule has 0 saturated carbocycles. The Morgan fingerprint density at radius 2 is 1.76 bits per heavy atom. The Bertz CT molecular complexity index is 1340. The molecule has 0 unspecified atom stereocenters. The molecule has 0 aliphatic carbocycles. The van der Waals surface area contributed by atoms with Crippen molar-refractivity contribution in [1.29, 1.82) is 0 Å². The molecule has 8 nitrogen and oxygen atoms in total. The molecule has 192 valence electrons. The van der Waals surface area contributed by atoms with Gasteiger partial charge in [0.1, 0.15) is 19.0 Å². The molecule has 1 saturated heterocycles. The molecule has 0 bridgehead atoms. The van der Waals surface area contributed by atoms with E-state index in [-0.39, 0.29) is 16.7 Å². The summed E-state index contributed by atoms with van der Waals surface area (Å²) in [4.78, 5) is 32.2. The quantitative estimate of drug-likeness (QED) is 0.304. The van der Waals surface area contributed by atoms with E-state index in [0.717, 1.165) is 11.1 Å². The number of aryl methyl sites for hydroxylation is 1. The number of hydrogen-bond donors (Lipinski definition) is 1. The predicted molar refractivity (Wildman–Crippen MR) is 138 cm³/mol. The van der Waals surface area contributed by atoms with Crippen LogP contribution in [-0.4, -0.2) is 51.0 Å². The highest BCUT2D eigenvalue weighted by molar-refractivity contribution is 6.46. The molecule has 5 rings (SSSR count). The number of carbonyl (C=O) groups excluding carboxylic acids is 2. The first kappa shape index (κ1) is 24.6. The smallest absolute Gasteiger partial charge is 0.295 e. The number of nitrogens with zero attached hydrogens (tertiary/aromatic N) is 3. The maximum absolute atomic E-state index is 13.3. The van der Waals surface area contributed by atoms with Crippen LogP contribution in [0.3, 0.4) is 0 Å². The molecule has 1 fully saturated rings. The second-order valence-corrected chi connectivity index (χ2v) is 10.4. The molecule has 8 heteroatoms. The van der Waals surface area contributed by atoms with E-state index in [0.29, 0.717) is 49.8 Å². The number of ether oxygens (including phenoxy) is 2. The lowest BCUT2D eigenvalue weighted by Crippen LogP contribution is -2.31. The second kappa shape index (κ2) is 9.76. The van der Waals surface area contributed by atoms with Crippen molar-refractivity contribution in [1.82, 2.24) is 14.5 Å². The molecule has 3 heterocycles. The van der Waals surface area contributed by atoms with Crippen molar-refractivity contribution in [3.8, 4) is 11.5 Å². The van der Waals surface area contributed by atoms with Gasteiger partial charge in [-0.1, -0.05) is 45.0 Å². The van der Waals surface area contributed by atoms with Crippen LogP contribution >= 0.6 is 0 Å². The summed E-state index contributed by atoms with van der Waals surface area (Å²) >= 11 is 0. The first-order valence-corrected chi connectivity index (χ1v) is 12.5. The SMILES string of the molecule is CC(C)(C)c1ccc([C@@H]2C(=C(O)c3ccc4c(c3)OCCO4)C(=O)C(=O)N2CCCn2ccnc2)cc1. The number of benzene rings is 2. The van der Waals surface area contributed by atoms with Gasteiger partial charge in [0.2, 0.25) is 0 Å². The van der Waals surface area contributed by atoms with Gasteiger partial charge in [-0.25, -0.2) is 4.98 Å². The number of carbonyl (C=O) groups is 2. The monoisotopic (exact) mass is 501 g/mol. The van der Waals surface area contributed by atoms with Crippen LogP contribution < -0.4 is 9.47 Å². The average molecular weight is 502 g/mol. The Morgan fingerprint density at radius 3 is 2.43 bits per heavy atom. The van der Waals surface area contributed by atoms with Crippen LogP contribution in [0.25, 0.3) is 5.76 Å². The van der Waals surface area contributed by atoms with Gasteiger partial charge in [-0.2, -0.15) is 0 Å². The first-order valence-electron chi connectivity index (χ1n) is 12.5. The summed E-state index contributed by atoms with van der Waals surface area (Å²) in [5, 5.41) is 11.4. The highest BCUT2D eigenvalue weighted by Gasteiger charge is 2.46. The molecule has 0 spiro atoms. The molecular weight excluding hydrogens is 470 g/mol. The molecule has 2 aliphatic rings. The topological polar surface area (TPSA) is 93.9 Å². The highest BCUT2D eigenvalue weighted by Crippen LogP contribution is 2.41. The van der Waals surface area contributed by atoms with Crippen LogP contribution in [0.4, 0.5) is 0 Å². The second-order valence-electron chi connectivity index (χ2n) is 10.4. The number of aromatic nitrogens is 2. The van der Waals surface area contributed by atoms with Crippen LogP contribution in [0.15, 0.2) is 66.8 Å². The number of aliphatic hydroxyl groups excluding tert-OH is 1. The minimum atomic E-state index is -0.704. The number of likely N-dealkylation sites (tertiary alicyclic amines) is 1. The molecule has 2 aromatic carbocycles. The van der Waals surface area contributed by atoms with Gasteiger partial charge in [0.15, 0.2) is 11.5 Å². The minimum Gasteiger partial charge on any atom is -0.507 e. The fourth-order valence-electron chi connectivity index (χ4n) is 4.81. The van der Waals surface area contributed by atoms with Crippen molar-refractivity contribution in [3.63, 3.8) is 0 Å². The van der Waals surface area contributed by atoms with E-state index in [4.69, 9.17) is 9.47 Å². The van der Waals surface area contributed by atoms with Gasteiger partial charge < -0.3 is 24.0 Å². The minimum absolute atomic E-state index is 0.0453. The Hall–Kier alpha value is -4.07. The van der Waals surface area contributed by atoms with Crippen molar-refractivity contribution >= 4 is 17.4 Å². The Balaban J connectivity index is 1.54. The van der Waals surface area contributed by atoms with Crippen molar-refractivity contribution in [3.05, 3.63) is 83.4 Å². The number of imidazole rings is 1. The molecular formula is C29H31N3O5. The lowest BCUT2D eigenvalue weighted by atomic mass is 9.85. The number of ketones is 1. The molecule has 2 aliphatic heterocycles. The Morgan fingerprint density at radius 1 is 1.03 bits per heavy atom. The maximum atomic E-state index is 13.3. The van der Waals surface area contributed by atoms with Crippen LogP contribution in [0.1, 0.15) is 49.9 Å². The summed E-state index contributed by atoms with van der Waals surface area (Å²) in [5.74, 6) is -0.458. The summed E-state index contributed by atoms with van der Waals surface area (Å²) in [6.45, 7) is 8.25. The van der Waals surface area contributed by atoms with E-state index >= 15 is 0 Å². The summed E-state index contributed by atoms with van der Waals surface area (Å²) < 4.78 is 13.2. The highest BCUT2D eigenvalue weighted by atomic mass is 16.6. The molecule has 1 aromatic heterocycles. The fraction of sp³-hybridized carbons (Fsp3) is 0.345. The Kier molecular flexibility index (Phi) is 6.50. The predicted octanol–water partition coefficient (Wildman–Crippen LogP) is 4.46. The summed E-state index contributed by atoms with van der Waals surface area (Å²) in [5.41, 5.74) is 2.34. The summed E-state index contributed by atoms with van der Waals surface area (Å²) in [6.07, 6.45) is 5.91. The number of hydrogen-bond acceptors (Lipinski definition) is 6. The maximum Gasteiger partial charge on any atom is 0.295 e. The van der Waals surface area contributed by atoms with Crippen molar-refractivity contribution < 1.29 is 24.2 Å². The van der Waals surface area contributed by atoms with E-state index < -0.39 is 17.7 Å². The molecule has 3 aromatic rings. The van der Waals surface area contributed by atoms with Gasteiger partial charge in [0, 0.05) is 31.0 Å². The number of fused-ring (bicyclic) bond motifs is 1. The molecule has 37 heavy (non-hydrogen) atoms. The van der Waals surface area contributed by atoms with Gasteiger partial charge >= 0.3 is 0 Å². The zero-order valence-corrected chi connectivity index (χ0v) is 21.3. The van der Waals surface area contributed by atoms with Crippen molar-refractivity contribution in [2.24, 2.45) is 0 Å². The normalized spacial score (nSPS) is 18.9.